The number of fused-ring (bicyclic) bond motifs is 1. The van der Waals surface area contributed by atoms with E-state index in [-0.39, 0.29) is 17.2 Å². The first-order valence-electron chi connectivity index (χ1n) is 9.95. The third kappa shape index (κ3) is 5.49. The molecule has 0 radical (unpaired) electrons. The van der Waals surface area contributed by atoms with Crippen molar-refractivity contribution in [1.29, 1.82) is 0 Å². The minimum absolute atomic E-state index is 0.0341. The van der Waals surface area contributed by atoms with Gasteiger partial charge in [0.15, 0.2) is 0 Å². The van der Waals surface area contributed by atoms with Gasteiger partial charge in [-0.05, 0) is 53.1 Å². The number of allylic oxidation sites excluding steroid dienone is 1. The molecule has 3 aromatic rings. The molecule has 0 aliphatic rings. The van der Waals surface area contributed by atoms with Crippen molar-refractivity contribution in [3.05, 3.63) is 77.9 Å². The summed E-state index contributed by atoms with van der Waals surface area (Å²) in [6, 6.07) is 19.0. The van der Waals surface area contributed by atoms with Crippen LogP contribution in [-0.4, -0.2) is 44.3 Å². The van der Waals surface area contributed by atoms with Crippen molar-refractivity contribution < 1.29 is 19.4 Å². The third-order valence-corrected chi connectivity index (χ3v) is 5.12. The number of hydrogen-bond acceptors (Lipinski definition) is 4. The fraction of sp³-hybridized carbons (Fsp3) is 0.200. The van der Waals surface area contributed by atoms with E-state index in [0.717, 1.165) is 27.6 Å². The van der Waals surface area contributed by atoms with E-state index in [9.17, 15) is 14.7 Å². The minimum Gasteiger partial charge on any atom is -0.478 e. The molecule has 0 saturated carbocycles. The van der Waals surface area contributed by atoms with Crippen LogP contribution in [0.25, 0.3) is 16.3 Å². The molecule has 0 bridgehead atoms. The van der Waals surface area contributed by atoms with Crippen LogP contribution in [0.2, 0.25) is 0 Å². The lowest BCUT2D eigenvalue weighted by Crippen LogP contribution is -2.22. The summed E-state index contributed by atoms with van der Waals surface area (Å²) < 4.78 is 5.06. The maximum atomic E-state index is 12.6. The van der Waals surface area contributed by atoms with Crippen LogP contribution >= 0.6 is 0 Å². The molecule has 0 aliphatic heterocycles. The van der Waals surface area contributed by atoms with Gasteiger partial charge in [0.1, 0.15) is 0 Å². The Morgan fingerprint density at radius 2 is 1.81 bits per heavy atom. The quantitative estimate of drug-likeness (QED) is 0.520. The number of rotatable bonds is 8. The molecule has 0 saturated heterocycles. The van der Waals surface area contributed by atoms with Gasteiger partial charge in [-0.25, -0.2) is 4.79 Å². The van der Waals surface area contributed by atoms with E-state index in [1.165, 1.54) is 6.08 Å². The van der Waals surface area contributed by atoms with Crippen molar-refractivity contribution in [1.82, 2.24) is 0 Å². The Kier molecular flexibility index (Phi) is 7.05. The van der Waals surface area contributed by atoms with Crippen molar-refractivity contribution in [3.8, 4) is 0 Å². The van der Waals surface area contributed by atoms with Crippen LogP contribution in [-0.2, 0) is 9.53 Å². The van der Waals surface area contributed by atoms with Crippen LogP contribution in [0.3, 0.4) is 0 Å². The fourth-order valence-corrected chi connectivity index (χ4v) is 3.30. The fourth-order valence-electron chi connectivity index (χ4n) is 3.30. The monoisotopic (exact) mass is 418 g/mol. The second-order valence-electron chi connectivity index (χ2n) is 7.33. The van der Waals surface area contributed by atoms with Crippen LogP contribution in [0, 0.1) is 0 Å². The highest BCUT2D eigenvalue weighted by Crippen LogP contribution is 2.24. The molecule has 6 nitrogen and oxygen atoms in total. The zero-order valence-corrected chi connectivity index (χ0v) is 17.9. The van der Waals surface area contributed by atoms with Crippen LogP contribution in [0.15, 0.2) is 66.7 Å². The lowest BCUT2D eigenvalue weighted by molar-refractivity contribution is -0.111. The zero-order chi connectivity index (χ0) is 22.4. The molecule has 31 heavy (non-hydrogen) atoms. The molecule has 1 amide bonds. The minimum atomic E-state index is -1.10. The molecule has 0 heterocycles. The molecule has 3 aromatic carbocycles. The average Bonchev–Trinajstić information content (AvgIpc) is 2.77. The molecule has 0 spiro atoms. The number of nitrogens with one attached hydrogen (secondary N) is 1. The van der Waals surface area contributed by atoms with Crippen LogP contribution in [0.1, 0.15) is 22.8 Å². The van der Waals surface area contributed by atoms with Gasteiger partial charge >= 0.3 is 5.97 Å². The summed E-state index contributed by atoms with van der Waals surface area (Å²) in [4.78, 5) is 26.2. The molecule has 0 atom stereocenters. The number of likely N-dealkylation sites (N-methyl/N-ethyl adjacent to an activating group) is 1. The SMILES string of the molecule is COCCN(C)c1ccc(NC(=O)/C=C(\C)c2ccc3ccccc3c2)c(C(=O)O)c1. The molecular formula is C25H26N2O4. The Morgan fingerprint density at radius 3 is 2.52 bits per heavy atom. The maximum Gasteiger partial charge on any atom is 0.337 e. The summed E-state index contributed by atoms with van der Waals surface area (Å²) in [6.45, 7) is 3.00. The number of carbonyl (C=O) groups is 2. The molecular weight excluding hydrogens is 392 g/mol. The predicted molar refractivity (Wildman–Crippen MR) is 125 cm³/mol. The number of carbonyl (C=O) groups excluding carboxylic acids is 1. The molecule has 2 N–H and O–H groups in total. The topological polar surface area (TPSA) is 78.9 Å². The number of carboxylic acid groups (broad SMARTS) is 1. The van der Waals surface area contributed by atoms with E-state index in [0.29, 0.717) is 13.2 Å². The maximum absolute atomic E-state index is 12.6. The first-order valence-corrected chi connectivity index (χ1v) is 9.95. The highest BCUT2D eigenvalue weighted by atomic mass is 16.5. The van der Waals surface area contributed by atoms with Crippen LogP contribution in [0.5, 0.6) is 0 Å². The number of hydrogen-bond donors (Lipinski definition) is 2. The number of ether oxygens (including phenoxy) is 1. The van der Waals surface area contributed by atoms with E-state index in [1.807, 2.05) is 61.3 Å². The molecule has 0 fully saturated rings. The number of benzene rings is 3. The summed E-state index contributed by atoms with van der Waals surface area (Å²) >= 11 is 0. The van der Waals surface area contributed by atoms with Gasteiger partial charge in [-0.3, -0.25) is 4.79 Å². The lowest BCUT2D eigenvalue weighted by Gasteiger charge is -2.20. The summed E-state index contributed by atoms with van der Waals surface area (Å²) in [5.74, 6) is -1.49. The Morgan fingerprint density at radius 1 is 1.06 bits per heavy atom. The summed E-state index contributed by atoms with van der Waals surface area (Å²) in [6.07, 6.45) is 1.48. The summed E-state index contributed by atoms with van der Waals surface area (Å²) in [5.41, 5.74) is 2.74. The molecule has 6 heteroatoms. The largest absolute Gasteiger partial charge is 0.478 e. The number of carboxylic acids is 1. The van der Waals surface area contributed by atoms with E-state index < -0.39 is 5.97 Å². The summed E-state index contributed by atoms with van der Waals surface area (Å²) in [7, 11) is 3.47. The number of aromatic carboxylic acids is 1. The van der Waals surface area contributed by atoms with Gasteiger partial charge in [0, 0.05) is 32.5 Å². The van der Waals surface area contributed by atoms with Crippen LogP contribution < -0.4 is 10.2 Å². The Labute approximate surface area is 181 Å². The van der Waals surface area contributed by atoms with Gasteiger partial charge in [-0.15, -0.1) is 0 Å². The first kappa shape index (κ1) is 22.1. The molecule has 0 aliphatic carbocycles. The summed E-state index contributed by atoms with van der Waals surface area (Å²) in [5, 5.41) is 14.5. The van der Waals surface area contributed by atoms with Crippen molar-refractivity contribution in [3.63, 3.8) is 0 Å². The van der Waals surface area contributed by atoms with Gasteiger partial charge in [-0.1, -0.05) is 36.4 Å². The Balaban J connectivity index is 1.80. The van der Waals surface area contributed by atoms with Crippen molar-refractivity contribution in [2.24, 2.45) is 0 Å². The number of anilines is 2. The zero-order valence-electron chi connectivity index (χ0n) is 17.9. The Hall–Kier alpha value is -3.64. The van der Waals surface area contributed by atoms with Crippen molar-refractivity contribution in [2.45, 2.75) is 6.92 Å². The smallest absolute Gasteiger partial charge is 0.337 e. The second kappa shape index (κ2) is 9.91. The van der Waals surface area contributed by atoms with Crippen molar-refractivity contribution >= 4 is 39.6 Å². The molecule has 3 rings (SSSR count). The third-order valence-electron chi connectivity index (χ3n) is 5.12. The predicted octanol–water partition coefficient (Wildman–Crippen LogP) is 4.66. The van der Waals surface area contributed by atoms with Gasteiger partial charge in [0.05, 0.1) is 17.9 Å². The van der Waals surface area contributed by atoms with Crippen LogP contribution in [0.4, 0.5) is 11.4 Å². The highest BCUT2D eigenvalue weighted by Gasteiger charge is 2.14. The van der Waals surface area contributed by atoms with E-state index >= 15 is 0 Å². The van der Waals surface area contributed by atoms with E-state index in [1.54, 1.807) is 25.3 Å². The lowest BCUT2D eigenvalue weighted by atomic mass is 10.0. The van der Waals surface area contributed by atoms with Crippen molar-refractivity contribution in [2.75, 3.05) is 37.5 Å². The number of methoxy groups -OCH3 is 1. The highest BCUT2D eigenvalue weighted by molar-refractivity contribution is 6.07. The molecule has 0 aromatic heterocycles. The van der Waals surface area contributed by atoms with E-state index in [2.05, 4.69) is 5.32 Å². The second-order valence-corrected chi connectivity index (χ2v) is 7.33. The van der Waals surface area contributed by atoms with Gasteiger partial charge in [0.25, 0.3) is 0 Å². The molecule has 160 valence electrons. The van der Waals surface area contributed by atoms with Gasteiger partial charge in [-0.2, -0.15) is 0 Å². The first-order chi connectivity index (χ1) is 14.9. The number of nitrogens with zero attached hydrogens (tertiary/aromatic N) is 1. The van der Waals surface area contributed by atoms with Gasteiger partial charge in [0.2, 0.25) is 5.91 Å². The van der Waals surface area contributed by atoms with Gasteiger partial charge < -0.3 is 20.1 Å². The average molecular weight is 418 g/mol. The standard InChI is InChI=1S/C25H26N2O4/c1-17(19-9-8-18-6-4-5-7-20(18)15-19)14-24(28)26-23-11-10-21(16-22(23)25(29)30)27(2)12-13-31-3/h4-11,14-16H,12-13H2,1-3H3,(H,26,28)(H,29,30)/b17-14+. The van der Waals surface area contributed by atoms with E-state index in [4.69, 9.17) is 4.74 Å². The number of amides is 1. The Bertz CT molecular complexity index is 1140. The normalized spacial score (nSPS) is 11.4. The molecule has 0 unspecified atom stereocenters.